The average molecular weight is 339 g/mol. The topological polar surface area (TPSA) is 81.2 Å². The second-order valence-electron chi connectivity index (χ2n) is 6.98. The van der Waals surface area contributed by atoms with E-state index in [9.17, 15) is 4.79 Å². The molecule has 1 aliphatic rings. The zero-order valence-electron chi connectivity index (χ0n) is 14.6. The van der Waals surface area contributed by atoms with Crippen LogP contribution >= 0.6 is 0 Å². The highest BCUT2D eigenvalue weighted by Crippen LogP contribution is 2.28. The zero-order chi connectivity index (χ0) is 17.6. The Morgan fingerprint density at radius 2 is 2.16 bits per heavy atom. The van der Waals surface area contributed by atoms with Crippen molar-refractivity contribution in [1.29, 1.82) is 0 Å². The molecule has 1 amide bonds. The molecule has 0 unspecified atom stereocenters. The number of carbonyl (C=O) groups excluding carboxylic acids is 1. The van der Waals surface area contributed by atoms with E-state index in [4.69, 9.17) is 0 Å². The molecule has 3 aromatic heterocycles. The molecule has 0 N–H and O–H groups in total. The third kappa shape index (κ3) is 2.77. The quantitative estimate of drug-likeness (QED) is 0.728. The molecule has 0 spiro atoms. The van der Waals surface area contributed by atoms with Crippen molar-refractivity contribution < 1.29 is 4.79 Å². The van der Waals surface area contributed by atoms with Crippen molar-refractivity contribution in [2.45, 2.75) is 39.8 Å². The van der Waals surface area contributed by atoms with Crippen molar-refractivity contribution in [2.75, 3.05) is 6.54 Å². The van der Waals surface area contributed by atoms with Gasteiger partial charge in [-0.1, -0.05) is 13.8 Å². The minimum absolute atomic E-state index is 0.0157. The number of rotatable bonds is 3. The van der Waals surface area contributed by atoms with E-state index in [1.165, 1.54) is 6.33 Å². The number of pyridine rings is 1. The molecule has 3 aromatic rings. The highest BCUT2D eigenvalue weighted by Gasteiger charge is 2.31. The summed E-state index contributed by atoms with van der Waals surface area (Å²) in [6, 6.07) is 3.81. The molecule has 0 aliphatic carbocycles. The molecule has 1 aliphatic heterocycles. The summed E-state index contributed by atoms with van der Waals surface area (Å²) in [6.45, 7) is 7.50. The smallest absolute Gasteiger partial charge is 0.255 e. The number of amides is 1. The lowest BCUT2D eigenvalue weighted by atomic mass is 10.0. The number of aromatic nitrogens is 6. The highest BCUT2D eigenvalue weighted by molar-refractivity contribution is 5.94. The fourth-order valence-corrected chi connectivity index (χ4v) is 3.57. The molecular formula is C17H21N7O. The molecule has 4 rings (SSSR count). The van der Waals surface area contributed by atoms with Crippen LogP contribution in [0.2, 0.25) is 0 Å². The van der Waals surface area contributed by atoms with Crippen LogP contribution in [-0.2, 0) is 6.54 Å². The second kappa shape index (κ2) is 5.94. The first-order chi connectivity index (χ1) is 12.0. The van der Waals surface area contributed by atoms with Crippen LogP contribution in [-0.4, -0.2) is 46.7 Å². The number of carbonyl (C=O) groups is 1. The maximum atomic E-state index is 13.0. The Bertz CT molecular complexity index is 926. The van der Waals surface area contributed by atoms with E-state index in [-0.39, 0.29) is 11.9 Å². The second-order valence-corrected chi connectivity index (χ2v) is 6.98. The van der Waals surface area contributed by atoms with Crippen LogP contribution in [0.4, 0.5) is 0 Å². The largest absolute Gasteiger partial charge is 0.329 e. The van der Waals surface area contributed by atoms with Gasteiger partial charge in [0, 0.05) is 12.7 Å². The molecule has 0 aromatic carbocycles. The summed E-state index contributed by atoms with van der Waals surface area (Å²) in [6.07, 6.45) is 4.19. The van der Waals surface area contributed by atoms with Crippen LogP contribution in [0.3, 0.4) is 0 Å². The lowest BCUT2D eigenvalue weighted by molar-refractivity contribution is 0.0660. The molecule has 0 saturated carbocycles. The molecule has 0 saturated heterocycles. The van der Waals surface area contributed by atoms with Gasteiger partial charge in [-0.15, -0.1) is 10.2 Å². The van der Waals surface area contributed by atoms with Crippen LogP contribution in [0.1, 0.15) is 48.3 Å². The van der Waals surface area contributed by atoms with Gasteiger partial charge in [-0.25, -0.2) is 9.50 Å². The standard InChI is InChI=1S/C17H21N7O/c1-11(2)6-14-8-22(9-16-21-20-12(3)24(14)16)17(25)13-4-5-15-18-10-19-23(15)7-13/h4-5,7,10-11,14H,6,8-9H2,1-3H3/t14-/m0/s1. The molecular weight excluding hydrogens is 318 g/mol. The number of fused-ring (bicyclic) bond motifs is 2. The first-order valence-electron chi connectivity index (χ1n) is 8.52. The minimum Gasteiger partial charge on any atom is -0.329 e. The molecule has 0 radical (unpaired) electrons. The third-order valence-electron chi connectivity index (χ3n) is 4.62. The normalized spacial score (nSPS) is 17.3. The van der Waals surface area contributed by atoms with E-state index in [1.807, 2.05) is 17.9 Å². The van der Waals surface area contributed by atoms with Crippen LogP contribution in [0.25, 0.3) is 5.65 Å². The molecule has 8 nitrogen and oxygen atoms in total. The fourth-order valence-electron chi connectivity index (χ4n) is 3.57. The number of hydrogen-bond donors (Lipinski definition) is 0. The van der Waals surface area contributed by atoms with Gasteiger partial charge in [0.15, 0.2) is 11.5 Å². The molecule has 0 fully saturated rings. The van der Waals surface area contributed by atoms with Crippen LogP contribution < -0.4 is 0 Å². The lowest BCUT2D eigenvalue weighted by Gasteiger charge is -2.35. The number of hydrogen-bond acceptors (Lipinski definition) is 5. The minimum atomic E-state index is -0.0157. The van der Waals surface area contributed by atoms with E-state index in [2.05, 4.69) is 38.7 Å². The van der Waals surface area contributed by atoms with Gasteiger partial charge in [-0.2, -0.15) is 5.10 Å². The monoisotopic (exact) mass is 339 g/mol. The van der Waals surface area contributed by atoms with E-state index in [1.54, 1.807) is 16.8 Å². The van der Waals surface area contributed by atoms with Crippen molar-refractivity contribution in [3.8, 4) is 0 Å². The van der Waals surface area contributed by atoms with Gasteiger partial charge in [0.25, 0.3) is 5.91 Å². The molecule has 8 heteroatoms. The van der Waals surface area contributed by atoms with Gasteiger partial charge in [-0.3, -0.25) is 4.79 Å². The van der Waals surface area contributed by atoms with E-state index < -0.39 is 0 Å². The van der Waals surface area contributed by atoms with Crippen molar-refractivity contribution in [1.82, 2.24) is 34.3 Å². The summed E-state index contributed by atoms with van der Waals surface area (Å²) in [5.41, 5.74) is 1.33. The van der Waals surface area contributed by atoms with Gasteiger partial charge >= 0.3 is 0 Å². The van der Waals surface area contributed by atoms with Gasteiger partial charge in [0.1, 0.15) is 12.2 Å². The average Bonchev–Trinajstić information content (AvgIpc) is 3.19. The van der Waals surface area contributed by atoms with Gasteiger partial charge < -0.3 is 9.47 Å². The first-order valence-corrected chi connectivity index (χ1v) is 8.52. The van der Waals surface area contributed by atoms with Crippen molar-refractivity contribution >= 4 is 11.6 Å². The maximum absolute atomic E-state index is 13.0. The van der Waals surface area contributed by atoms with E-state index >= 15 is 0 Å². The van der Waals surface area contributed by atoms with Gasteiger partial charge in [0.05, 0.1) is 18.2 Å². The predicted molar refractivity (Wildman–Crippen MR) is 91.0 cm³/mol. The summed E-state index contributed by atoms with van der Waals surface area (Å²) in [7, 11) is 0. The Morgan fingerprint density at radius 3 is 2.96 bits per heavy atom. The zero-order valence-corrected chi connectivity index (χ0v) is 14.6. The van der Waals surface area contributed by atoms with Crippen molar-refractivity contribution in [3.63, 3.8) is 0 Å². The molecule has 1 atom stereocenters. The van der Waals surface area contributed by atoms with Gasteiger partial charge in [-0.05, 0) is 31.4 Å². The van der Waals surface area contributed by atoms with Crippen LogP contribution in [0.15, 0.2) is 24.7 Å². The van der Waals surface area contributed by atoms with Crippen LogP contribution in [0.5, 0.6) is 0 Å². The van der Waals surface area contributed by atoms with Gasteiger partial charge in [0.2, 0.25) is 0 Å². The maximum Gasteiger partial charge on any atom is 0.255 e. The number of nitrogens with zero attached hydrogens (tertiary/aromatic N) is 7. The van der Waals surface area contributed by atoms with E-state index in [0.29, 0.717) is 24.6 Å². The van der Waals surface area contributed by atoms with Crippen molar-refractivity contribution in [2.24, 2.45) is 5.92 Å². The summed E-state index contributed by atoms with van der Waals surface area (Å²) in [4.78, 5) is 19.0. The Labute approximate surface area is 145 Å². The first kappa shape index (κ1) is 15.7. The van der Waals surface area contributed by atoms with E-state index in [0.717, 1.165) is 23.7 Å². The highest BCUT2D eigenvalue weighted by atomic mass is 16.2. The fraction of sp³-hybridized carbons (Fsp3) is 0.471. The summed E-state index contributed by atoms with van der Waals surface area (Å²) < 4.78 is 3.81. The summed E-state index contributed by atoms with van der Waals surface area (Å²) in [5, 5.41) is 12.6. The number of aryl methyl sites for hydroxylation is 1. The summed E-state index contributed by atoms with van der Waals surface area (Å²) in [5.74, 6) is 2.28. The molecule has 130 valence electrons. The Balaban J connectivity index is 1.64. The van der Waals surface area contributed by atoms with Crippen molar-refractivity contribution in [3.05, 3.63) is 41.9 Å². The molecule has 4 heterocycles. The molecule has 0 bridgehead atoms. The van der Waals surface area contributed by atoms with Crippen LogP contribution in [0, 0.1) is 12.8 Å². The Hall–Kier alpha value is -2.77. The lowest BCUT2D eigenvalue weighted by Crippen LogP contribution is -2.42. The Morgan fingerprint density at radius 1 is 1.32 bits per heavy atom. The molecule has 25 heavy (non-hydrogen) atoms. The third-order valence-corrected chi connectivity index (χ3v) is 4.62. The summed E-state index contributed by atoms with van der Waals surface area (Å²) >= 11 is 0. The SMILES string of the molecule is Cc1nnc2n1[C@@H](CC(C)C)CN(C(=O)c1ccc3ncnn3c1)C2. The Kier molecular flexibility index (Phi) is 3.74. The predicted octanol–water partition coefficient (Wildman–Crippen LogP) is 1.87.